The minimum Gasteiger partial charge on any atom is -0.313 e. The van der Waals surface area contributed by atoms with Crippen molar-refractivity contribution < 1.29 is 0 Å². The summed E-state index contributed by atoms with van der Waals surface area (Å²) in [7, 11) is 0. The number of thiophene rings is 1. The lowest BCUT2D eigenvalue weighted by atomic mass is 10.0. The van der Waals surface area contributed by atoms with Crippen molar-refractivity contribution in [2.45, 2.75) is 32.2 Å². The van der Waals surface area contributed by atoms with Crippen molar-refractivity contribution in [3.05, 3.63) is 50.9 Å². The summed E-state index contributed by atoms with van der Waals surface area (Å²) in [4.78, 5) is 5.62. The summed E-state index contributed by atoms with van der Waals surface area (Å²) < 4.78 is 1.18. The van der Waals surface area contributed by atoms with E-state index in [1.165, 1.54) is 14.9 Å². The summed E-state index contributed by atoms with van der Waals surface area (Å²) in [5, 5.41) is 5.79. The van der Waals surface area contributed by atoms with Crippen LogP contribution in [0.1, 0.15) is 23.8 Å². The van der Waals surface area contributed by atoms with Gasteiger partial charge in [-0.3, -0.25) is 4.98 Å². The highest BCUT2D eigenvalue weighted by Crippen LogP contribution is 2.21. The Labute approximate surface area is 127 Å². The van der Waals surface area contributed by atoms with Crippen molar-refractivity contribution in [2.24, 2.45) is 0 Å². The largest absolute Gasteiger partial charge is 0.313 e. The normalized spacial score (nSPS) is 12.5. The molecule has 2 aromatic rings. The van der Waals surface area contributed by atoms with Gasteiger partial charge in [0.2, 0.25) is 0 Å². The zero-order chi connectivity index (χ0) is 13.5. The highest BCUT2D eigenvalue weighted by molar-refractivity contribution is 9.10. The second kappa shape index (κ2) is 7.78. The van der Waals surface area contributed by atoms with Crippen molar-refractivity contribution in [1.82, 2.24) is 10.3 Å². The van der Waals surface area contributed by atoms with E-state index in [0.29, 0.717) is 6.04 Å². The molecule has 1 atom stereocenters. The molecule has 19 heavy (non-hydrogen) atoms. The lowest BCUT2D eigenvalue weighted by molar-refractivity contribution is 0.507. The number of aromatic nitrogens is 1. The van der Waals surface area contributed by atoms with Crippen LogP contribution in [0.15, 0.2) is 40.4 Å². The molecule has 2 nitrogen and oxygen atoms in total. The fourth-order valence-corrected chi connectivity index (χ4v) is 3.60. The monoisotopic (exact) mass is 338 g/mol. The molecule has 0 spiro atoms. The Balaban J connectivity index is 1.99. The third kappa shape index (κ3) is 5.05. The standard InChI is InChI=1S/C15H19BrN2S/c1-2-5-18-14(7-12-4-3-6-17-10-12)9-15-8-13(16)11-19-15/h3-4,6,8,10-11,14,18H,2,5,7,9H2,1H3. The van der Waals surface area contributed by atoms with Gasteiger partial charge in [-0.15, -0.1) is 11.3 Å². The maximum absolute atomic E-state index is 4.20. The fraction of sp³-hybridized carbons (Fsp3) is 0.400. The summed E-state index contributed by atoms with van der Waals surface area (Å²) in [5.74, 6) is 0. The molecular formula is C15H19BrN2S. The van der Waals surface area contributed by atoms with E-state index in [1.807, 2.05) is 29.8 Å². The molecule has 0 saturated heterocycles. The summed E-state index contributed by atoms with van der Waals surface area (Å²) >= 11 is 5.34. The molecule has 2 heterocycles. The number of rotatable bonds is 7. The molecule has 0 radical (unpaired) electrons. The lowest BCUT2D eigenvalue weighted by Crippen LogP contribution is -2.33. The summed E-state index contributed by atoms with van der Waals surface area (Å²) in [5.41, 5.74) is 1.30. The number of halogens is 1. The molecular weight excluding hydrogens is 320 g/mol. The van der Waals surface area contributed by atoms with Crippen molar-refractivity contribution in [2.75, 3.05) is 6.54 Å². The van der Waals surface area contributed by atoms with E-state index in [-0.39, 0.29) is 0 Å². The van der Waals surface area contributed by atoms with E-state index in [1.54, 1.807) is 0 Å². The van der Waals surface area contributed by atoms with Crippen molar-refractivity contribution >= 4 is 27.3 Å². The van der Waals surface area contributed by atoms with Crippen LogP contribution in [0.3, 0.4) is 0 Å². The predicted octanol–water partition coefficient (Wildman–Crippen LogP) is 4.06. The first-order valence-corrected chi connectivity index (χ1v) is 8.30. The topological polar surface area (TPSA) is 24.9 Å². The summed E-state index contributed by atoms with van der Waals surface area (Å²) in [6.07, 6.45) is 7.06. The third-order valence-electron chi connectivity index (χ3n) is 2.96. The van der Waals surface area contributed by atoms with Gasteiger partial charge in [0.15, 0.2) is 0 Å². The first-order valence-electron chi connectivity index (χ1n) is 6.63. The molecule has 0 aliphatic carbocycles. The molecule has 0 saturated carbocycles. The average molecular weight is 339 g/mol. The molecule has 0 aliphatic rings. The number of pyridine rings is 1. The molecule has 2 rings (SSSR count). The zero-order valence-corrected chi connectivity index (χ0v) is 13.5. The van der Waals surface area contributed by atoms with Gasteiger partial charge in [0, 0.05) is 33.2 Å². The molecule has 4 heteroatoms. The Morgan fingerprint density at radius 1 is 1.42 bits per heavy atom. The van der Waals surface area contributed by atoms with Gasteiger partial charge < -0.3 is 5.32 Å². The quantitative estimate of drug-likeness (QED) is 0.823. The van der Waals surface area contributed by atoms with Crippen molar-refractivity contribution in [3.8, 4) is 0 Å². The van der Waals surface area contributed by atoms with Crippen LogP contribution in [-0.2, 0) is 12.8 Å². The van der Waals surface area contributed by atoms with Crippen molar-refractivity contribution in [1.29, 1.82) is 0 Å². The third-order valence-corrected chi connectivity index (χ3v) is 4.68. The Kier molecular flexibility index (Phi) is 6.01. The first kappa shape index (κ1) is 14.7. The molecule has 2 aromatic heterocycles. The lowest BCUT2D eigenvalue weighted by Gasteiger charge is -2.17. The number of hydrogen-bond acceptors (Lipinski definition) is 3. The second-order valence-corrected chi connectivity index (χ2v) is 6.56. The Morgan fingerprint density at radius 3 is 2.95 bits per heavy atom. The maximum atomic E-state index is 4.20. The minimum absolute atomic E-state index is 0.481. The molecule has 0 bridgehead atoms. The van der Waals surface area contributed by atoms with Crippen LogP contribution in [0, 0.1) is 0 Å². The van der Waals surface area contributed by atoms with E-state index in [2.05, 4.69) is 50.7 Å². The van der Waals surface area contributed by atoms with Gasteiger partial charge in [-0.1, -0.05) is 13.0 Å². The highest BCUT2D eigenvalue weighted by atomic mass is 79.9. The van der Waals surface area contributed by atoms with Crippen LogP contribution in [0.2, 0.25) is 0 Å². The highest BCUT2D eigenvalue weighted by Gasteiger charge is 2.11. The number of nitrogens with one attached hydrogen (secondary N) is 1. The van der Waals surface area contributed by atoms with Crippen LogP contribution < -0.4 is 5.32 Å². The van der Waals surface area contributed by atoms with Crippen LogP contribution in [-0.4, -0.2) is 17.6 Å². The average Bonchev–Trinajstić information content (AvgIpc) is 2.82. The van der Waals surface area contributed by atoms with Gasteiger partial charge >= 0.3 is 0 Å². The Morgan fingerprint density at radius 2 is 2.32 bits per heavy atom. The first-order chi connectivity index (χ1) is 9.28. The predicted molar refractivity (Wildman–Crippen MR) is 85.7 cm³/mol. The van der Waals surface area contributed by atoms with E-state index in [4.69, 9.17) is 0 Å². The second-order valence-electron chi connectivity index (χ2n) is 4.65. The van der Waals surface area contributed by atoms with Crippen LogP contribution >= 0.6 is 27.3 Å². The van der Waals surface area contributed by atoms with E-state index < -0.39 is 0 Å². The number of hydrogen-bond donors (Lipinski definition) is 1. The zero-order valence-electron chi connectivity index (χ0n) is 11.1. The van der Waals surface area contributed by atoms with Crippen LogP contribution in [0.25, 0.3) is 0 Å². The van der Waals surface area contributed by atoms with Crippen LogP contribution in [0.4, 0.5) is 0 Å². The molecule has 0 aromatic carbocycles. The molecule has 0 fully saturated rings. The summed E-state index contributed by atoms with van der Waals surface area (Å²) in [6, 6.07) is 6.86. The smallest absolute Gasteiger partial charge is 0.0300 e. The molecule has 1 N–H and O–H groups in total. The molecule has 102 valence electrons. The molecule has 1 unspecified atom stereocenters. The van der Waals surface area contributed by atoms with Crippen LogP contribution in [0.5, 0.6) is 0 Å². The van der Waals surface area contributed by atoms with Gasteiger partial charge in [0.05, 0.1) is 0 Å². The van der Waals surface area contributed by atoms with Gasteiger partial charge in [0.25, 0.3) is 0 Å². The SMILES string of the molecule is CCCNC(Cc1cccnc1)Cc1cc(Br)cs1. The Bertz CT molecular complexity index is 484. The minimum atomic E-state index is 0.481. The van der Waals surface area contributed by atoms with Gasteiger partial charge in [-0.25, -0.2) is 0 Å². The van der Waals surface area contributed by atoms with E-state index in [0.717, 1.165) is 25.8 Å². The Hall–Kier alpha value is -0.710. The van der Waals surface area contributed by atoms with E-state index in [9.17, 15) is 0 Å². The maximum Gasteiger partial charge on any atom is 0.0300 e. The van der Waals surface area contributed by atoms with Gasteiger partial charge in [-0.2, -0.15) is 0 Å². The van der Waals surface area contributed by atoms with E-state index >= 15 is 0 Å². The van der Waals surface area contributed by atoms with Crippen molar-refractivity contribution in [3.63, 3.8) is 0 Å². The van der Waals surface area contributed by atoms with Gasteiger partial charge in [-0.05, 0) is 59.4 Å². The van der Waals surface area contributed by atoms with Gasteiger partial charge in [0.1, 0.15) is 0 Å². The molecule has 0 amide bonds. The fourth-order valence-electron chi connectivity index (χ4n) is 2.07. The number of nitrogens with zero attached hydrogens (tertiary/aromatic N) is 1. The summed E-state index contributed by atoms with van der Waals surface area (Å²) in [6.45, 7) is 3.27. The molecule has 0 aliphatic heterocycles.